The molecule has 3 N–H and O–H groups in total. The summed E-state index contributed by atoms with van der Waals surface area (Å²) in [6.45, 7) is 7.99. The Kier molecular flexibility index (Phi) is 8.92. The molecule has 1 aromatic carbocycles. The summed E-state index contributed by atoms with van der Waals surface area (Å²) in [6.07, 6.45) is 4.38. The van der Waals surface area contributed by atoms with Crippen LogP contribution in [0.4, 0.5) is 11.5 Å². The van der Waals surface area contributed by atoms with E-state index in [0.717, 1.165) is 32.3 Å². The van der Waals surface area contributed by atoms with Gasteiger partial charge in [0.2, 0.25) is 0 Å². The number of aromatic amines is 1. The van der Waals surface area contributed by atoms with Crippen molar-refractivity contribution in [2.75, 3.05) is 30.4 Å². The van der Waals surface area contributed by atoms with Gasteiger partial charge in [-0.05, 0) is 55.9 Å². The number of nitrogens with two attached hydrogens (primary N) is 1. The van der Waals surface area contributed by atoms with Crippen molar-refractivity contribution in [3.63, 3.8) is 0 Å². The van der Waals surface area contributed by atoms with E-state index in [4.69, 9.17) is 15.2 Å². The van der Waals surface area contributed by atoms with Crippen LogP contribution < -0.4 is 26.6 Å². The number of ether oxygens (including phenoxy) is 2. The van der Waals surface area contributed by atoms with Crippen LogP contribution in [0, 0.1) is 5.92 Å². The number of benzene rings is 1. The quantitative estimate of drug-likeness (QED) is 0.518. The van der Waals surface area contributed by atoms with E-state index in [0.29, 0.717) is 43.3 Å². The van der Waals surface area contributed by atoms with Crippen molar-refractivity contribution >= 4 is 17.4 Å². The van der Waals surface area contributed by atoms with Crippen molar-refractivity contribution in [1.82, 2.24) is 9.55 Å². The van der Waals surface area contributed by atoms with Gasteiger partial charge in [0, 0.05) is 25.3 Å². The fourth-order valence-corrected chi connectivity index (χ4v) is 3.89. The average Bonchev–Trinajstić information content (AvgIpc) is 3.33. The van der Waals surface area contributed by atoms with Crippen LogP contribution in [-0.2, 0) is 11.3 Å². The second-order valence-electron chi connectivity index (χ2n) is 9.11. The summed E-state index contributed by atoms with van der Waals surface area (Å²) in [5.74, 6) is 0.599. The maximum absolute atomic E-state index is 13.5. The predicted octanol–water partition coefficient (Wildman–Crippen LogP) is 3.17. The van der Waals surface area contributed by atoms with E-state index in [2.05, 4.69) is 4.98 Å². The molecule has 1 fully saturated rings. The number of H-pyrrole nitrogens is 1. The van der Waals surface area contributed by atoms with Crippen LogP contribution in [0.1, 0.15) is 63.2 Å². The largest absolute Gasteiger partial charge is 0.491 e. The van der Waals surface area contributed by atoms with Gasteiger partial charge in [0.05, 0.1) is 6.10 Å². The highest BCUT2D eigenvalue weighted by Gasteiger charge is 2.25. The molecule has 1 atom stereocenters. The van der Waals surface area contributed by atoms with Gasteiger partial charge in [-0.25, -0.2) is 4.79 Å². The van der Waals surface area contributed by atoms with Gasteiger partial charge in [0.1, 0.15) is 18.2 Å². The number of unbranched alkanes of at least 4 members (excludes halogenated alkanes) is 1. The van der Waals surface area contributed by atoms with E-state index in [9.17, 15) is 14.4 Å². The Morgan fingerprint density at radius 1 is 1.29 bits per heavy atom. The fourth-order valence-electron chi connectivity index (χ4n) is 3.89. The van der Waals surface area contributed by atoms with Gasteiger partial charge in [-0.3, -0.25) is 19.1 Å². The van der Waals surface area contributed by atoms with Crippen LogP contribution in [0.5, 0.6) is 5.75 Å². The lowest BCUT2D eigenvalue weighted by Crippen LogP contribution is -2.42. The minimum absolute atomic E-state index is 0.0100. The number of carbonyl (C=O) groups excluding carboxylic acids is 1. The number of nitrogens with one attached hydrogen (secondary N) is 1. The number of carbonyl (C=O) groups is 1. The first-order valence-corrected chi connectivity index (χ1v) is 12.1. The predicted molar refractivity (Wildman–Crippen MR) is 133 cm³/mol. The molecule has 2 heterocycles. The zero-order chi connectivity index (χ0) is 24.7. The molecule has 0 bridgehead atoms. The van der Waals surface area contributed by atoms with Crippen LogP contribution in [0.2, 0.25) is 0 Å². The molecule has 0 radical (unpaired) electrons. The maximum Gasteiger partial charge on any atom is 0.330 e. The topological polar surface area (TPSA) is 120 Å². The number of rotatable bonds is 11. The van der Waals surface area contributed by atoms with E-state index in [-0.39, 0.29) is 23.5 Å². The number of hydrogen-bond donors (Lipinski definition) is 2. The molecule has 9 nitrogen and oxygen atoms in total. The van der Waals surface area contributed by atoms with Gasteiger partial charge in [0.15, 0.2) is 5.69 Å². The Balaban J connectivity index is 1.88. The molecule has 1 saturated heterocycles. The second kappa shape index (κ2) is 11.9. The van der Waals surface area contributed by atoms with E-state index in [1.54, 1.807) is 24.3 Å². The van der Waals surface area contributed by atoms with E-state index in [1.165, 1.54) is 9.47 Å². The molecule has 0 saturated carbocycles. The molecule has 186 valence electrons. The molecule has 0 aliphatic carbocycles. The van der Waals surface area contributed by atoms with Gasteiger partial charge in [-0.1, -0.05) is 27.2 Å². The van der Waals surface area contributed by atoms with Gasteiger partial charge >= 0.3 is 5.69 Å². The van der Waals surface area contributed by atoms with Crippen LogP contribution in [-0.4, -0.2) is 41.3 Å². The van der Waals surface area contributed by atoms with Gasteiger partial charge in [0.25, 0.3) is 11.5 Å². The van der Waals surface area contributed by atoms with Crippen molar-refractivity contribution in [2.24, 2.45) is 5.92 Å². The Morgan fingerprint density at radius 3 is 2.65 bits per heavy atom. The summed E-state index contributed by atoms with van der Waals surface area (Å²) < 4.78 is 12.7. The first-order valence-electron chi connectivity index (χ1n) is 12.1. The number of nitrogen functional groups attached to an aromatic ring is 1. The molecular weight excluding hydrogens is 436 g/mol. The highest BCUT2D eigenvalue weighted by molar-refractivity contribution is 6.07. The molecule has 34 heavy (non-hydrogen) atoms. The lowest BCUT2D eigenvalue weighted by atomic mass is 10.1. The molecule has 1 unspecified atom stereocenters. The molecule has 1 amide bonds. The Hall–Kier alpha value is -3.07. The summed E-state index contributed by atoms with van der Waals surface area (Å²) >= 11 is 0. The van der Waals surface area contributed by atoms with Gasteiger partial charge in [-0.15, -0.1) is 0 Å². The third-order valence-corrected chi connectivity index (χ3v) is 5.96. The SMILES string of the molecule is CCCCn1c(N)c(N(CCC(C)C)C(=O)c2ccc(OCC3CCCO3)cc2)c(=O)[nH]c1=O. The normalized spacial score (nSPS) is 15.6. The number of aromatic nitrogens is 2. The summed E-state index contributed by atoms with van der Waals surface area (Å²) in [7, 11) is 0. The highest BCUT2D eigenvalue weighted by Crippen LogP contribution is 2.23. The Bertz CT molecular complexity index is 1070. The lowest BCUT2D eigenvalue weighted by molar-refractivity contribution is 0.0679. The highest BCUT2D eigenvalue weighted by atomic mass is 16.5. The number of hydrogen-bond acceptors (Lipinski definition) is 6. The molecule has 2 aromatic rings. The van der Waals surface area contributed by atoms with Crippen molar-refractivity contribution in [1.29, 1.82) is 0 Å². The van der Waals surface area contributed by atoms with Crippen LogP contribution in [0.15, 0.2) is 33.9 Å². The molecule has 1 aromatic heterocycles. The molecule has 3 rings (SSSR count). The third-order valence-electron chi connectivity index (χ3n) is 5.96. The summed E-state index contributed by atoms with van der Waals surface area (Å²) in [5.41, 5.74) is 5.48. The van der Waals surface area contributed by atoms with Crippen molar-refractivity contribution in [3.05, 3.63) is 50.7 Å². The minimum Gasteiger partial charge on any atom is -0.491 e. The first kappa shape index (κ1) is 25.6. The van der Waals surface area contributed by atoms with Crippen molar-refractivity contribution in [3.8, 4) is 5.75 Å². The van der Waals surface area contributed by atoms with E-state index in [1.807, 2.05) is 20.8 Å². The van der Waals surface area contributed by atoms with Crippen molar-refractivity contribution in [2.45, 2.75) is 65.5 Å². The third kappa shape index (κ3) is 6.28. The van der Waals surface area contributed by atoms with Crippen LogP contribution >= 0.6 is 0 Å². The average molecular weight is 473 g/mol. The number of nitrogens with zero attached hydrogens (tertiary/aromatic N) is 2. The van der Waals surface area contributed by atoms with Gasteiger partial charge in [-0.2, -0.15) is 0 Å². The van der Waals surface area contributed by atoms with Gasteiger partial charge < -0.3 is 20.1 Å². The first-order chi connectivity index (χ1) is 16.3. The van der Waals surface area contributed by atoms with E-state index < -0.39 is 11.2 Å². The standard InChI is InChI=1S/C25H36N4O5/c1-4-5-13-29-22(26)21(23(30)27-25(29)32)28(14-12-17(2)3)24(31)18-8-10-19(11-9-18)34-16-20-7-6-15-33-20/h8-11,17,20H,4-7,12-16,26H2,1-3H3,(H,27,30,32). The smallest absolute Gasteiger partial charge is 0.330 e. The summed E-state index contributed by atoms with van der Waals surface area (Å²) in [5, 5.41) is 0. The monoisotopic (exact) mass is 472 g/mol. The van der Waals surface area contributed by atoms with E-state index >= 15 is 0 Å². The summed E-state index contributed by atoms with van der Waals surface area (Å²) in [4.78, 5) is 42.4. The summed E-state index contributed by atoms with van der Waals surface area (Å²) in [6, 6.07) is 6.82. The molecular formula is C25H36N4O5. The zero-order valence-corrected chi connectivity index (χ0v) is 20.3. The Labute approximate surface area is 199 Å². The maximum atomic E-state index is 13.5. The molecule has 9 heteroatoms. The molecule has 0 spiro atoms. The zero-order valence-electron chi connectivity index (χ0n) is 20.3. The lowest BCUT2D eigenvalue weighted by Gasteiger charge is -2.25. The van der Waals surface area contributed by atoms with Crippen molar-refractivity contribution < 1.29 is 14.3 Å². The fraction of sp³-hybridized carbons (Fsp3) is 0.560. The number of amides is 1. The van der Waals surface area contributed by atoms with Crippen LogP contribution in [0.25, 0.3) is 0 Å². The Morgan fingerprint density at radius 2 is 2.03 bits per heavy atom. The second-order valence-corrected chi connectivity index (χ2v) is 9.11. The minimum atomic E-state index is -0.663. The molecule has 1 aliphatic heterocycles. The van der Waals surface area contributed by atoms with Crippen LogP contribution in [0.3, 0.4) is 0 Å². The molecule has 1 aliphatic rings. The number of anilines is 2.